The van der Waals surface area contributed by atoms with Crippen LogP contribution in [0.15, 0.2) is 18.2 Å². The van der Waals surface area contributed by atoms with Crippen molar-refractivity contribution in [2.75, 3.05) is 6.54 Å². The van der Waals surface area contributed by atoms with Gasteiger partial charge in [-0.25, -0.2) is 9.59 Å². The van der Waals surface area contributed by atoms with E-state index in [1.807, 2.05) is 6.92 Å². The van der Waals surface area contributed by atoms with E-state index in [2.05, 4.69) is 5.32 Å². The van der Waals surface area contributed by atoms with Gasteiger partial charge in [0.1, 0.15) is 0 Å². The zero-order valence-corrected chi connectivity index (χ0v) is 8.86. The number of hydrogen-bond acceptors (Lipinski definition) is 3. The predicted octanol–water partition coefficient (Wildman–Crippen LogP) is 1.19. The van der Waals surface area contributed by atoms with Crippen molar-refractivity contribution in [3.05, 3.63) is 34.9 Å². The lowest BCUT2D eigenvalue weighted by Crippen LogP contribution is -2.13. The molecule has 0 spiro atoms. The maximum absolute atomic E-state index is 10.8. The molecule has 1 rings (SSSR count). The van der Waals surface area contributed by atoms with Gasteiger partial charge >= 0.3 is 11.9 Å². The molecule has 0 aliphatic rings. The molecular weight excluding hydrogens is 210 g/mol. The fourth-order valence-electron chi connectivity index (χ4n) is 1.31. The summed E-state index contributed by atoms with van der Waals surface area (Å²) >= 11 is 0. The van der Waals surface area contributed by atoms with Gasteiger partial charge in [-0.3, -0.25) is 0 Å². The van der Waals surface area contributed by atoms with E-state index in [4.69, 9.17) is 10.2 Å². The third kappa shape index (κ3) is 3.06. The van der Waals surface area contributed by atoms with Crippen LogP contribution in [0.1, 0.15) is 33.2 Å². The number of carboxylic acid groups (broad SMARTS) is 2. The Labute approximate surface area is 92.7 Å². The Balaban J connectivity index is 3.08. The highest BCUT2D eigenvalue weighted by molar-refractivity contribution is 5.94. The van der Waals surface area contributed by atoms with Gasteiger partial charge in [-0.1, -0.05) is 6.92 Å². The van der Waals surface area contributed by atoms with Crippen LogP contribution in [0.5, 0.6) is 0 Å². The van der Waals surface area contributed by atoms with Crippen LogP contribution in [0, 0.1) is 0 Å². The van der Waals surface area contributed by atoms with E-state index < -0.39 is 11.9 Å². The van der Waals surface area contributed by atoms with Gasteiger partial charge in [0.15, 0.2) is 0 Å². The first-order valence-electron chi connectivity index (χ1n) is 4.86. The summed E-state index contributed by atoms with van der Waals surface area (Å²) in [5.41, 5.74) is 0.639. The molecule has 5 heteroatoms. The fourth-order valence-corrected chi connectivity index (χ4v) is 1.31. The Hall–Kier alpha value is -1.88. The molecule has 0 saturated carbocycles. The summed E-state index contributed by atoms with van der Waals surface area (Å²) in [5.74, 6) is -2.25. The van der Waals surface area contributed by atoms with Gasteiger partial charge in [0.2, 0.25) is 0 Å². The van der Waals surface area contributed by atoms with E-state index in [0.717, 1.165) is 12.6 Å². The van der Waals surface area contributed by atoms with Crippen LogP contribution >= 0.6 is 0 Å². The number of carboxylic acids is 2. The minimum atomic E-state index is -1.12. The van der Waals surface area contributed by atoms with Crippen molar-refractivity contribution in [2.45, 2.75) is 13.5 Å². The van der Waals surface area contributed by atoms with E-state index in [0.29, 0.717) is 12.1 Å². The highest BCUT2D eigenvalue weighted by Crippen LogP contribution is 2.11. The van der Waals surface area contributed by atoms with E-state index in [1.54, 1.807) is 0 Å². The lowest BCUT2D eigenvalue weighted by molar-refractivity contribution is 0.0696. The SMILES string of the molecule is CCNCc1cc(C(=O)O)cc(C(=O)O)c1. The maximum Gasteiger partial charge on any atom is 0.335 e. The summed E-state index contributed by atoms with van der Waals surface area (Å²) in [4.78, 5) is 21.6. The third-order valence-electron chi connectivity index (χ3n) is 2.07. The van der Waals surface area contributed by atoms with Crippen molar-refractivity contribution in [3.63, 3.8) is 0 Å². The molecular formula is C11H13NO4. The second-order valence-electron chi connectivity index (χ2n) is 3.31. The average Bonchev–Trinajstić information content (AvgIpc) is 2.25. The van der Waals surface area contributed by atoms with Crippen LogP contribution in [0.2, 0.25) is 0 Å². The Kier molecular flexibility index (Phi) is 4.02. The molecule has 16 heavy (non-hydrogen) atoms. The molecule has 0 aliphatic carbocycles. The minimum absolute atomic E-state index is 0.00666. The van der Waals surface area contributed by atoms with Gasteiger partial charge < -0.3 is 15.5 Å². The van der Waals surface area contributed by atoms with Crippen LogP contribution in [-0.2, 0) is 6.54 Å². The van der Waals surface area contributed by atoms with Gasteiger partial charge in [0.25, 0.3) is 0 Å². The number of aromatic carboxylic acids is 2. The van der Waals surface area contributed by atoms with Crippen LogP contribution in [0.25, 0.3) is 0 Å². The van der Waals surface area contributed by atoms with Crippen molar-refractivity contribution >= 4 is 11.9 Å². The summed E-state index contributed by atoms with van der Waals surface area (Å²) < 4.78 is 0. The molecule has 0 fully saturated rings. The normalized spacial score (nSPS) is 10.1. The monoisotopic (exact) mass is 223 g/mol. The van der Waals surface area contributed by atoms with Gasteiger partial charge in [-0.15, -0.1) is 0 Å². The zero-order valence-electron chi connectivity index (χ0n) is 8.86. The van der Waals surface area contributed by atoms with Gasteiger partial charge in [-0.2, -0.15) is 0 Å². The number of rotatable bonds is 5. The van der Waals surface area contributed by atoms with Crippen molar-refractivity contribution < 1.29 is 19.8 Å². The Morgan fingerprint density at radius 3 is 2.00 bits per heavy atom. The highest BCUT2D eigenvalue weighted by atomic mass is 16.4. The lowest BCUT2D eigenvalue weighted by atomic mass is 10.1. The molecule has 5 nitrogen and oxygen atoms in total. The van der Waals surface area contributed by atoms with E-state index in [1.165, 1.54) is 12.1 Å². The Morgan fingerprint density at radius 1 is 1.12 bits per heavy atom. The molecule has 0 heterocycles. The average molecular weight is 223 g/mol. The summed E-state index contributed by atoms with van der Waals surface area (Å²) in [6, 6.07) is 4.09. The van der Waals surface area contributed by atoms with Crippen molar-refractivity contribution in [1.82, 2.24) is 5.32 Å². The molecule has 0 amide bonds. The zero-order chi connectivity index (χ0) is 12.1. The molecule has 86 valence electrons. The molecule has 1 aromatic carbocycles. The van der Waals surface area contributed by atoms with Crippen LogP contribution < -0.4 is 5.32 Å². The second kappa shape index (κ2) is 5.27. The fraction of sp³-hybridized carbons (Fsp3) is 0.273. The highest BCUT2D eigenvalue weighted by Gasteiger charge is 2.10. The Morgan fingerprint density at radius 2 is 1.62 bits per heavy atom. The van der Waals surface area contributed by atoms with Crippen molar-refractivity contribution in [2.24, 2.45) is 0 Å². The molecule has 0 bridgehead atoms. The number of hydrogen-bond donors (Lipinski definition) is 3. The molecule has 0 unspecified atom stereocenters. The van der Waals surface area contributed by atoms with Crippen molar-refractivity contribution in [3.8, 4) is 0 Å². The molecule has 0 radical (unpaired) electrons. The summed E-state index contributed by atoms with van der Waals surface area (Å²) in [6.45, 7) is 3.11. The lowest BCUT2D eigenvalue weighted by Gasteiger charge is -2.05. The number of nitrogens with one attached hydrogen (secondary N) is 1. The summed E-state index contributed by atoms with van der Waals surface area (Å²) in [6.07, 6.45) is 0. The van der Waals surface area contributed by atoms with Crippen molar-refractivity contribution in [1.29, 1.82) is 0 Å². The molecule has 3 N–H and O–H groups in total. The van der Waals surface area contributed by atoms with E-state index >= 15 is 0 Å². The van der Waals surface area contributed by atoms with Crippen LogP contribution in [0.4, 0.5) is 0 Å². The summed E-state index contributed by atoms with van der Waals surface area (Å²) in [5, 5.41) is 20.7. The predicted molar refractivity (Wildman–Crippen MR) is 57.7 cm³/mol. The minimum Gasteiger partial charge on any atom is -0.478 e. The topological polar surface area (TPSA) is 86.6 Å². The smallest absolute Gasteiger partial charge is 0.335 e. The summed E-state index contributed by atoms with van der Waals surface area (Å²) in [7, 11) is 0. The van der Waals surface area contributed by atoms with E-state index in [-0.39, 0.29) is 11.1 Å². The third-order valence-corrected chi connectivity index (χ3v) is 2.07. The molecule has 0 aliphatic heterocycles. The number of benzene rings is 1. The maximum atomic E-state index is 10.8. The molecule has 1 aromatic rings. The standard InChI is InChI=1S/C11H13NO4/c1-2-12-6-7-3-8(10(13)14)5-9(4-7)11(15)16/h3-5,12H,2,6H2,1H3,(H,13,14)(H,15,16). The molecule has 0 atom stereocenters. The van der Waals surface area contributed by atoms with E-state index in [9.17, 15) is 9.59 Å². The van der Waals surface area contributed by atoms with Gasteiger partial charge in [0, 0.05) is 6.54 Å². The second-order valence-corrected chi connectivity index (χ2v) is 3.31. The first-order chi connectivity index (χ1) is 7.54. The van der Waals surface area contributed by atoms with Crippen LogP contribution in [0.3, 0.4) is 0 Å². The quantitative estimate of drug-likeness (QED) is 0.698. The first kappa shape index (κ1) is 12.2. The molecule has 0 aromatic heterocycles. The first-order valence-corrected chi connectivity index (χ1v) is 4.86. The van der Waals surface area contributed by atoms with Gasteiger partial charge in [0.05, 0.1) is 11.1 Å². The Bertz CT molecular complexity index is 382. The number of carbonyl (C=O) groups is 2. The van der Waals surface area contributed by atoms with Crippen LogP contribution in [-0.4, -0.2) is 28.7 Å². The van der Waals surface area contributed by atoms with Gasteiger partial charge in [-0.05, 0) is 30.3 Å². The largest absolute Gasteiger partial charge is 0.478 e. The molecule has 0 saturated heterocycles.